The number of hydrogen-bond donors (Lipinski definition) is 2. The zero-order valence-corrected chi connectivity index (χ0v) is 49.1. The van der Waals surface area contributed by atoms with Gasteiger partial charge < -0.3 is 28.8 Å². The molecular weight excluding hydrogens is 900 g/mol. The maximum Gasteiger partial charge on any atom is 0.268 e. The highest BCUT2D eigenvalue weighted by atomic mass is 31.2. The number of hydrogen-bond acceptors (Lipinski definition) is 6. The number of carbonyl (C=O) groups excluding carboxylic acids is 1. The molecule has 1 amide bonds. The van der Waals surface area contributed by atoms with Gasteiger partial charge in [-0.25, -0.2) is 0 Å². The third-order valence-corrected chi connectivity index (χ3v) is 15.4. The predicted molar refractivity (Wildman–Crippen MR) is 307 cm³/mol. The van der Waals surface area contributed by atoms with Crippen molar-refractivity contribution in [2.24, 2.45) is 0 Å². The van der Waals surface area contributed by atoms with Gasteiger partial charge in [-0.3, -0.25) is 9.36 Å². The van der Waals surface area contributed by atoms with Gasteiger partial charge in [0.15, 0.2) is 0 Å². The second kappa shape index (κ2) is 53.8. The minimum absolute atomic E-state index is 0.00372. The summed E-state index contributed by atoms with van der Waals surface area (Å²) in [5.74, 6) is -0.200. The highest BCUT2D eigenvalue weighted by Gasteiger charge is 2.23. The summed E-state index contributed by atoms with van der Waals surface area (Å²) in [6.45, 7) is 4.67. The number of nitrogens with zero attached hydrogens (tertiary/aromatic N) is 1. The average molecular weight is 1020 g/mol. The highest BCUT2D eigenvalue weighted by Crippen LogP contribution is 2.38. The van der Waals surface area contributed by atoms with Crippen molar-refractivity contribution in [1.29, 1.82) is 0 Å². The van der Waals surface area contributed by atoms with Crippen molar-refractivity contribution in [2.75, 3.05) is 40.9 Å². The average Bonchev–Trinajstić information content (AvgIpc) is 3.33. The summed E-state index contributed by atoms with van der Waals surface area (Å²) in [4.78, 5) is 25.5. The van der Waals surface area contributed by atoms with Crippen molar-refractivity contribution < 1.29 is 32.9 Å². The van der Waals surface area contributed by atoms with Crippen LogP contribution in [0.3, 0.4) is 0 Å². The van der Waals surface area contributed by atoms with Crippen LogP contribution in [0.4, 0.5) is 0 Å². The minimum Gasteiger partial charge on any atom is -0.756 e. The summed E-state index contributed by atoms with van der Waals surface area (Å²) >= 11 is 0. The molecule has 0 rings (SSSR count). The van der Waals surface area contributed by atoms with Crippen LogP contribution in [0.15, 0.2) is 24.3 Å². The highest BCUT2D eigenvalue weighted by molar-refractivity contribution is 7.45. The van der Waals surface area contributed by atoms with Gasteiger partial charge in [-0.15, -0.1) is 0 Å². The fourth-order valence-electron chi connectivity index (χ4n) is 9.53. The van der Waals surface area contributed by atoms with Crippen LogP contribution in [0.5, 0.6) is 0 Å². The number of aliphatic hydroxyl groups excluding tert-OH is 1. The molecule has 0 aliphatic heterocycles. The normalized spacial score (nSPS) is 14.0. The standard InChI is InChI=1S/C62H123N2O6P/c1-6-8-10-12-14-16-18-20-22-24-25-26-27-28-29-30-31-32-33-34-35-36-37-38-40-42-44-46-48-50-52-54-56-62(66)63-60(59-70-71(67,68)69-58-57-64(3,4)5)61(65)55-53-51-49-47-45-43-41-39-23-21-19-17-15-13-11-9-7-2/h45,47,53,55,60-61,65H,6-44,46,48-52,54,56-59H2,1-5H3,(H-,63,66,67,68)/b47-45+,55-53+. The molecule has 9 heteroatoms. The Bertz CT molecular complexity index is 1210. The molecule has 0 heterocycles. The fourth-order valence-corrected chi connectivity index (χ4v) is 10.2. The number of allylic oxidation sites excluding steroid dienone is 3. The number of rotatable bonds is 58. The van der Waals surface area contributed by atoms with E-state index in [2.05, 4.69) is 31.3 Å². The SMILES string of the molecule is CCCCCCCCCCCCC/C=C/CC/C=C/C(O)C(COP(=O)([O-])OCC[N+](C)(C)C)NC(=O)CCCCCCCCCCCCCCCCCCCCCCCCCCCCCCCCCC. The van der Waals surface area contributed by atoms with E-state index < -0.39 is 20.0 Å². The molecule has 0 aromatic rings. The van der Waals surface area contributed by atoms with Gasteiger partial charge in [-0.2, -0.15) is 0 Å². The molecule has 2 N–H and O–H groups in total. The number of unbranched alkanes of at least 4 members (excludes halogenated alkanes) is 43. The van der Waals surface area contributed by atoms with Gasteiger partial charge in [0, 0.05) is 6.42 Å². The van der Waals surface area contributed by atoms with Crippen LogP contribution in [0.25, 0.3) is 0 Å². The van der Waals surface area contributed by atoms with Gasteiger partial charge in [0.1, 0.15) is 13.2 Å². The maximum atomic E-state index is 13.0. The van der Waals surface area contributed by atoms with Crippen LogP contribution in [-0.4, -0.2) is 68.5 Å². The molecule has 0 fully saturated rings. The van der Waals surface area contributed by atoms with Gasteiger partial charge in [-0.1, -0.05) is 301 Å². The molecule has 71 heavy (non-hydrogen) atoms. The van der Waals surface area contributed by atoms with Crippen molar-refractivity contribution in [3.8, 4) is 0 Å². The number of carbonyl (C=O) groups is 1. The lowest BCUT2D eigenvalue weighted by atomic mass is 10.0. The van der Waals surface area contributed by atoms with E-state index in [1.807, 2.05) is 27.2 Å². The lowest BCUT2D eigenvalue weighted by molar-refractivity contribution is -0.870. The Morgan fingerprint density at radius 3 is 1.14 bits per heavy atom. The van der Waals surface area contributed by atoms with Crippen LogP contribution in [0.2, 0.25) is 0 Å². The summed E-state index contributed by atoms with van der Waals surface area (Å²) in [5.41, 5.74) is 0. The topological polar surface area (TPSA) is 108 Å². The van der Waals surface area contributed by atoms with E-state index in [1.54, 1.807) is 6.08 Å². The minimum atomic E-state index is -4.60. The van der Waals surface area contributed by atoms with E-state index in [0.717, 1.165) is 38.5 Å². The van der Waals surface area contributed by atoms with E-state index >= 15 is 0 Å². The van der Waals surface area contributed by atoms with Crippen LogP contribution in [0.1, 0.15) is 316 Å². The number of phosphoric ester groups is 1. The molecule has 0 bridgehead atoms. The molecule has 0 aliphatic carbocycles. The Hall–Kier alpha value is -1.02. The Kier molecular flexibility index (Phi) is 53.0. The molecule has 0 aromatic heterocycles. The van der Waals surface area contributed by atoms with E-state index in [1.165, 1.54) is 257 Å². The lowest BCUT2D eigenvalue weighted by Gasteiger charge is -2.29. The molecule has 0 spiro atoms. The van der Waals surface area contributed by atoms with Gasteiger partial charge in [-0.05, 0) is 32.1 Å². The smallest absolute Gasteiger partial charge is 0.268 e. The summed E-state index contributed by atoms with van der Waals surface area (Å²) < 4.78 is 23.3. The fraction of sp³-hybridized carbons (Fsp3) is 0.919. The Balaban J connectivity index is 4.03. The zero-order chi connectivity index (χ0) is 52.0. The molecule has 422 valence electrons. The lowest BCUT2D eigenvalue weighted by Crippen LogP contribution is -2.45. The van der Waals surface area contributed by atoms with Crippen LogP contribution < -0.4 is 10.2 Å². The first-order chi connectivity index (χ1) is 34.5. The van der Waals surface area contributed by atoms with Crippen LogP contribution in [-0.2, 0) is 18.4 Å². The third-order valence-electron chi connectivity index (χ3n) is 14.4. The summed E-state index contributed by atoms with van der Waals surface area (Å²) in [6, 6.07) is -0.900. The first-order valence-corrected chi connectivity index (χ1v) is 32.7. The summed E-state index contributed by atoms with van der Waals surface area (Å²) in [5, 5.41) is 13.9. The van der Waals surface area contributed by atoms with E-state index in [4.69, 9.17) is 9.05 Å². The molecule has 0 aromatic carbocycles. The van der Waals surface area contributed by atoms with Crippen molar-refractivity contribution >= 4 is 13.7 Å². The number of aliphatic hydroxyl groups is 1. The monoisotopic (exact) mass is 1020 g/mol. The Morgan fingerprint density at radius 2 is 0.789 bits per heavy atom. The molecule has 0 aliphatic rings. The van der Waals surface area contributed by atoms with E-state index in [0.29, 0.717) is 17.4 Å². The first-order valence-electron chi connectivity index (χ1n) is 31.2. The number of likely N-dealkylation sites (N-methyl/N-ethyl adjacent to an activating group) is 1. The van der Waals surface area contributed by atoms with Gasteiger partial charge in [0.2, 0.25) is 5.91 Å². The Labute approximate surface area is 443 Å². The predicted octanol–water partition coefficient (Wildman–Crippen LogP) is 18.5. The third kappa shape index (κ3) is 56.5. The van der Waals surface area contributed by atoms with Crippen molar-refractivity contribution in [3.05, 3.63) is 24.3 Å². The quantitative estimate of drug-likeness (QED) is 0.0272. The van der Waals surface area contributed by atoms with Crippen LogP contribution >= 0.6 is 7.82 Å². The summed E-state index contributed by atoms with van der Waals surface area (Å²) in [6.07, 6.45) is 68.6. The molecule has 3 atom stereocenters. The first kappa shape index (κ1) is 70.0. The maximum absolute atomic E-state index is 13.0. The number of quaternary nitrogens is 1. The molecule has 3 unspecified atom stereocenters. The molecule has 8 nitrogen and oxygen atoms in total. The van der Waals surface area contributed by atoms with Crippen molar-refractivity contribution in [3.63, 3.8) is 0 Å². The largest absolute Gasteiger partial charge is 0.756 e. The second-order valence-electron chi connectivity index (χ2n) is 22.8. The number of phosphoric acid groups is 1. The van der Waals surface area contributed by atoms with Crippen LogP contribution in [0, 0.1) is 0 Å². The second-order valence-corrected chi connectivity index (χ2v) is 24.2. The van der Waals surface area contributed by atoms with Gasteiger partial charge >= 0.3 is 0 Å². The number of amides is 1. The number of nitrogens with one attached hydrogen (secondary N) is 1. The van der Waals surface area contributed by atoms with E-state index in [-0.39, 0.29) is 19.1 Å². The molecular formula is C62H123N2O6P. The molecule has 0 saturated carbocycles. The summed E-state index contributed by atoms with van der Waals surface area (Å²) in [7, 11) is 1.26. The van der Waals surface area contributed by atoms with Crippen molar-refractivity contribution in [2.45, 2.75) is 328 Å². The zero-order valence-electron chi connectivity index (χ0n) is 48.2. The Morgan fingerprint density at radius 1 is 0.479 bits per heavy atom. The molecule has 0 saturated heterocycles. The van der Waals surface area contributed by atoms with Crippen molar-refractivity contribution in [1.82, 2.24) is 5.32 Å². The van der Waals surface area contributed by atoms with Gasteiger partial charge in [0.05, 0.1) is 39.9 Å². The van der Waals surface area contributed by atoms with E-state index in [9.17, 15) is 19.4 Å². The van der Waals surface area contributed by atoms with Gasteiger partial charge in [0.25, 0.3) is 7.82 Å². The molecule has 0 radical (unpaired) electrons.